The number of carbonyl (C=O) groups excluding carboxylic acids is 1. The molecule has 3 rings (SSSR count). The molecular weight excluding hydrogens is 348 g/mol. The molecule has 0 spiro atoms. The van der Waals surface area contributed by atoms with Gasteiger partial charge < -0.3 is 10.6 Å². The van der Waals surface area contributed by atoms with Crippen LogP contribution < -0.4 is 10.6 Å². The summed E-state index contributed by atoms with van der Waals surface area (Å²) < 4.78 is 0. The van der Waals surface area contributed by atoms with E-state index in [2.05, 4.69) is 26.7 Å². The molecule has 0 aliphatic heterocycles. The SMILES string of the molecule is Cc1cc(C)cc(Nc2ncc(C(=O)Nc3ccc(C)c(Cl)c3)cn2)c1. The summed E-state index contributed by atoms with van der Waals surface area (Å²) in [7, 11) is 0. The first-order valence-electron chi connectivity index (χ1n) is 8.15. The van der Waals surface area contributed by atoms with Crippen LogP contribution in [0.3, 0.4) is 0 Å². The minimum Gasteiger partial charge on any atom is -0.324 e. The van der Waals surface area contributed by atoms with Crippen LogP contribution in [0.15, 0.2) is 48.8 Å². The van der Waals surface area contributed by atoms with Crippen molar-refractivity contribution in [3.63, 3.8) is 0 Å². The molecule has 3 aromatic rings. The quantitative estimate of drug-likeness (QED) is 0.678. The van der Waals surface area contributed by atoms with E-state index in [1.165, 1.54) is 12.4 Å². The Morgan fingerprint density at radius 2 is 1.58 bits per heavy atom. The van der Waals surface area contributed by atoms with Crippen LogP contribution in [0.2, 0.25) is 5.02 Å². The number of hydrogen-bond donors (Lipinski definition) is 2. The van der Waals surface area contributed by atoms with E-state index in [-0.39, 0.29) is 5.91 Å². The second kappa shape index (κ2) is 7.54. The number of halogens is 1. The van der Waals surface area contributed by atoms with Crippen LogP contribution in [0.25, 0.3) is 0 Å². The van der Waals surface area contributed by atoms with Gasteiger partial charge in [0.05, 0.1) is 5.56 Å². The lowest BCUT2D eigenvalue weighted by molar-refractivity contribution is 0.102. The van der Waals surface area contributed by atoms with Crippen molar-refractivity contribution in [2.45, 2.75) is 20.8 Å². The normalized spacial score (nSPS) is 10.5. The summed E-state index contributed by atoms with van der Waals surface area (Å²) in [6.07, 6.45) is 2.98. The van der Waals surface area contributed by atoms with Gasteiger partial charge >= 0.3 is 0 Å². The van der Waals surface area contributed by atoms with Crippen molar-refractivity contribution in [3.8, 4) is 0 Å². The molecule has 2 aromatic carbocycles. The predicted molar refractivity (Wildman–Crippen MR) is 105 cm³/mol. The lowest BCUT2D eigenvalue weighted by atomic mass is 10.1. The predicted octanol–water partition coefficient (Wildman–Crippen LogP) is 5.05. The Labute approximate surface area is 157 Å². The van der Waals surface area contributed by atoms with Crippen LogP contribution >= 0.6 is 11.6 Å². The largest absolute Gasteiger partial charge is 0.324 e. The summed E-state index contributed by atoms with van der Waals surface area (Å²) in [5, 5.41) is 6.53. The fourth-order valence-corrected chi connectivity index (χ4v) is 2.74. The molecule has 0 bridgehead atoms. The lowest BCUT2D eigenvalue weighted by Gasteiger charge is -2.09. The zero-order valence-corrected chi connectivity index (χ0v) is 15.6. The van der Waals surface area contributed by atoms with E-state index < -0.39 is 0 Å². The first-order chi connectivity index (χ1) is 12.4. The smallest absolute Gasteiger partial charge is 0.258 e. The Morgan fingerprint density at radius 1 is 0.923 bits per heavy atom. The monoisotopic (exact) mass is 366 g/mol. The van der Waals surface area contributed by atoms with Crippen molar-refractivity contribution in [2.75, 3.05) is 10.6 Å². The Hall–Kier alpha value is -2.92. The van der Waals surface area contributed by atoms with E-state index in [1.807, 2.05) is 39.0 Å². The zero-order valence-electron chi connectivity index (χ0n) is 14.8. The highest BCUT2D eigenvalue weighted by Crippen LogP contribution is 2.21. The first kappa shape index (κ1) is 17.9. The van der Waals surface area contributed by atoms with Gasteiger partial charge in [-0.1, -0.05) is 23.7 Å². The number of nitrogens with one attached hydrogen (secondary N) is 2. The van der Waals surface area contributed by atoms with Crippen molar-refractivity contribution < 1.29 is 4.79 Å². The molecule has 0 saturated carbocycles. The maximum atomic E-state index is 12.3. The summed E-state index contributed by atoms with van der Waals surface area (Å²) in [5.41, 5.74) is 5.17. The number of aryl methyl sites for hydroxylation is 3. The maximum absolute atomic E-state index is 12.3. The van der Waals surface area contributed by atoms with Crippen LogP contribution in [-0.2, 0) is 0 Å². The summed E-state index contributed by atoms with van der Waals surface area (Å²) in [6.45, 7) is 5.97. The van der Waals surface area contributed by atoms with Crippen molar-refractivity contribution in [1.29, 1.82) is 0 Å². The summed E-state index contributed by atoms with van der Waals surface area (Å²) in [5.74, 6) is 0.146. The van der Waals surface area contributed by atoms with Gasteiger partial charge in [0.15, 0.2) is 0 Å². The third-order valence-electron chi connectivity index (χ3n) is 3.82. The third-order valence-corrected chi connectivity index (χ3v) is 4.23. The van der Waals surface area contributed by atoms with E-state index >= 15 is 0 Å². The zero-order chi connectivity index (χ0) is 18.7. The molecule has 0 unspecified atom stereocenters. The molecule has 2 N–H and O–H groups in total. The fourth-order valence-electron chi connectivity index (χ4n) is 2.56. The molecule has 0 aliphatic rings. The second-order valence-electron chi connectivity index (χ2n) is 6.21. The summed E-state index contributed by atoms with van der Waals surface area (Å²) in [6, 6.07) is 11.5. The number of carbonyl (C=O) groups is 1. The third kappa shape index (κ3) is 4.37. The fraction of sp³-hybridized carbons (Fsp3) is 0.150. The van der Waals surface area contributed by atoms with Crippen molar-refractivity contribution in [1.82, 2.24) is 9.97 Å². The minimum atomic E-state index is -0.289. The van der Waals surface area contributed by atoms with Crippen LogP contribution in [0.4, 0.5) is 17.3 Å². The number of aromatic nitrogens is 2. The Morgan fingerprint density at radius 3 is 2.19 bits per heavy atom. The Balaban J connectivity index is 1.70. The van der Waals surface area contributed by atoms with Gasteiger partial charge in [-0.05, 0) is 61.7 Å². The van der Waals surface area contributed by atoms with Crippen molar-refractivity contribution in [2.24, 2.45) is 0 Å². The molecule has 0 radical (unpaired) electrons. The molecule has 132 valence electrons. The average molecular weight is 367 g/mol. The number of nitrogens with zero attached hydrogens (tertiary/aromatic N) is 2. The second-order valence-corrected chi connectivity index (χ2v) is 6.62. The van der Waals surface area contributed by atoms with Gasteiger partial charge in [-0.25, -0.2) is 9.97 Å². The summed E-state index contributed by atoms with van der Waals surface area (Å²) in [4.78, 5) is 20.8. The first-order valence-corrected chi connectivity index (χ1v) is 8.53. The lowest BCUT2D eigenvalue weighted by Crippen LogP contribution is -2.13. The molecule has 0 aliphatic carbocycles. The van der Waals surface area contributed by atoms with E-state index in [0.29, 0.717) is 22.2 Å². The van der Waals surface area contributed by atoms with Crippen LogP contribution in [-0.4, -0.2) is 15.9 Å². The van der Waals surface area contributed by atoms with E-state index in [1.54, 1.807) is 12.1 Å². The summed E-state index contributed by atoms with van der Waals surface area (Å²) >= 11 is 6.08. The molecular formula is C20H19ClN4O. The van der Waals surface area contributed by atoms with Gasteiger partial charge in [0.2, 0.25) is 5.95 Å². The molecule has 1 amide bonds. The number of hydrogen-bond acceptors (Lipinski definition) is 4. The number of anilines is 3. The topological polar surface area (TPSA) is 66.9 Å². The molecule has 0 fully saturated rings. The van der Waals surface area contributed by atoms with Gasteiger partial charge in [-0.15, -0.1) is 0 Å². The highest BCUT2D eigenvalue weighted by Gasteiger charge is 2.09. The number of amides is 1. The molecule has 0 atom stereocenters. The van der Waals surface area contributed by atoms with Crippen molar-refractivity contribution >= 4 is 34.8 Å². The molecule has 0 saturated heterocycles. The van der Waals surface area contributed by atoms with Crippen molar-refractivity contribution in [3.05, 3.63) is 76.1 Å². The standard InChI is InChI=1S/C20H19ClN4O/c1-12-6-13(2)8-17(7-12)25-20-22-10-15(11-23-20)19(26)24-16-5-4-14(3)18(21)9-16/h4-11H,1-3H3,(H,24,26)(H,22,23,25). The van der Waals surface area contributed by atoms with Crippen LogP contribution in [0, 0.1) is 20.8 Å². The average Bonchev–Trinajstić information content (AvgIpc) is 2.58. The van der Waals surface area contributed by atoms with E-state index in [4.69, 9.17) is 11.6 Å². The van der Waals surface area contributed by atoms with Gasteiger partial charge in [-0.2, -0.15) is 0 Å². The van der Waals surface area contributed by atoms with Crippen LogP contribution in [0.1, 0.15) is 27.0 Å². The van der Waals surface area contributed by atoms with Gasteiger partial charge in [0.25, 0.3) is 5.91 Å². The minimum absolute atomic E-state index is 0.289. The number of benzene rings is 2. The van der Waals surface area contributed by atoms with Crippen LogP contribution in [0.5, 0.6) is 0 Å². The van der Waals surface area contributed by atoms with E-state index in [0.717, 1.165) is 22.4 Å². The van der Waals surface area contributed by atoms with Gasteiger partial charge in [-0.3, -0.25) is 4.79 Å². The Kier molecular flexibility index (Phi) is 5.19. The molecule has 1 heterocycles. The van der Waals surface area contributed by atoms with E-state index in [9.17, 15) is 4.79 Å². The molecule has 26 heavy (non-hydrogen) atoms. The Bertz CT molecular complexity index is 934. The number of rotatable bonds is 4. The molecule has 6 heteroatoms. The highest BCUT2D eigenvalue weighted by molar-refractivity contribution is 6.31. The van der Waals surface area contributed by atoms with Gasteiger partial charge in [0, 0.05) is 28.8 Å². The highest BCUT2D eigenvalue weighted by atomic mass is 35.5. The molecule has 5 nitrogen and oxygen atoms in total. The maximum Gasteiger partial charge on any atom is 0.258 e. The molecule has 1 aromatic heterocycles. The van der Waals surface area contributed by atoms with Gasteiger partial charge in [0.1, 0.15) is 0 Å².